The van der Waals surface area contributed by atoms with Crippen LogP contribution in [-0.4, -0.2) is 42.3 Å². The van der Waals surface area contributed by atoms with Crippen molar-refractivity contribution in [3.63, 3.8) is 0 Å². The largest absolute Gasteiger partial charge is 0.411 e. The summed E-state index contributed by atoms with van der Waals surface area (Å²) < 4.78 is 50.1. The lowest BCUT2D eigenvalue weighted by Gasteiger charge is -2.09. The van der Waals surface area contributed by atoms with E-state index < -0.39 is 19.4 Å². The van der Waals surface area contributed by atoms with Crippen molar-refractivity contribution in [1.82, 2.24) is 29.5 Å². The Labute approximate surface area is 178 Å². The van der Waals surface area contributed by atoms with Crippen molar-refractivity contribution in [2.24, 2.45) is 7.05 Å². The Morgan fingerprint density at radius 1 is 1.26 bits per heavy atom. The second-order valence-electron chi connectivity index (χ2n) is 7.04. The van der Waals surface area contributed by atoms with E-state index in [1.807, 2.05) is 29.9 Å². The van der Waals surface area contributed by atoms with Crippen LogP contribution in [0.3, 0.4) is 0 Å². The molecule has 5 rings (SSSR count). The van der Waals surface area contributed by atoms with Crippen LogP contribution in [0.25, 0.3) is 28.5 Å². The van der Waals surface area contributed by atoms with Gasteiger partial charge in [-0.3, -0.25) is 4.68 Å². The zero-order valence-electron chi connectivity index (χ0n) is 16.0. The molecular formula is C19H14ClF3N6O2. The minimum Gasteiger partial charge on any atom is -0.362 e. The number of hydrogen-bond acceptors (Lipinski definition) is 6. The number of fused-ring (bicyclic) bond motifs is 5. The molecule has 0 amide bonds. The van der Waals surface area contributed by atoms with Crippen LogP contribution < -0.4 is 0 Å². The van der Waals surface area contributed by atoms with Crippen molar-refractivity contribution in [1.29, 1.82) is 0 Å². The van der Waals surface area contributed by atoms with Crippen molar-refractivity contribution in [2.45, 2.75) is 19.2 Å². The first kappa shape index (κ1) is 19.8. The molecule has 0 bridgehead atoms. The highest BCUT2D eigenvalue weighted by Gasteiger charge is 2.29. The number of hydrogen-bond donors (Lipinski definition) is 0. The van der Waals surface area contributed by atoms with E-state index in [0.29, 0.717) is 17.1 Å². The lowest BCUT2D eigenvalue weighted by Crippen LogP contribution is -2.16. The number of nitrogens with zero attached hydrogens (tertiary/aromatic N) is 6. The minimum atomic E-state index is -4.43. The molecule has 0 spiro atoms. The zero-order valence-corrected chi connectivity index (χ0v) is 16.8. The summed E-state index contributed by atoms with van der Waals surface area (Å²) >= 11 is 6.23. The Hall–Kier alpha value is -3.18. The maximum atomic E-state index is 12.3. The van der Waals surface area contributed by atoms with Gasteiger partial charge in [0.1, 0.15) is 25.2 Å². The normalized spacial score (nSPS) is 12.9. The predicted octanol–water partition coefficient (Wildman–Crippen LogP) is 3.96. The summed E-state index contributed by atoms with van der Waals surface area (Å²) in [5.41, 5.74) is 4.73. The number of aryl methyl sites for hydroxylation is 1. The molecule has 0 saturated heterocycles. The van der Waals surface area contributed by atoms with Gasteiger partial charge in [0, 0.05) is 35.8 Å². The molecular weight excluding hydrogens is 437 g/mol. The third-order valence-electron chi connectivity index (χ3n) is 4.77. The molecule has 8 nitrogen and oxygen atoms in total. The van der Waals surface area contributed by atoms with Gasteiger partial charge in [0.25, 0.3) is 5.89 Å². The number of halogens is 4. The van der Waals surface area contributed by atoms with Crippen LogP contribution in [0.15, 0.2) is 35.2 Å². The van der Waals surface area contributed by atoms with Crippen LogP contribution in [0.5, 0.6) is 0 Å². The highest BCUT2D eigenvalue weighted by atomic mass is 35.5. The summed E-state index contributed by atoms with van der Waals surface area (Å²) in [4.78, 5) is 8.59. The van der Waals surface area contributed by atoms with Gasteiger partial charge in [-0.25, -0.2) is 4.98 Å². The fourth-order valence-electron chi connectivity index (χ4n) is 3.58. The van der Waals surface area contributed by atoms with Gasteiger partial charge in [0.15, 0.2) is 0 Å². The number of rotatable bonds is 4. The van der Waals surface area contributed by atoms with Gasteiger partial charge >= 0.3 is 6.18 Å². The Morgan fingerprint density at radius 3 is 2.90 bits per heavy atom. The van der Waals surface area contributed by atoms with E-state index in [1.54, 1.807) is 17.1 Å². The van der Waals surface area contributed by atoms with Crippen molar-refractivity contribution >= 4 is 11.6 Å². The van der Waals surface area contributed by atoms with Gasteiger partial charge in [-0.15, -0.1) is 0 Å². The van der Waals surface area contributed by atoms with Crippen molar-refractivity contribution in [3.8, 4) is 28.5 Å². The first-order valence-corrected chi connectivity index (χ1v) is 9.53. The summed E-state index contributed by atoms with van der Waals surface area (Å²) in [5.74, 6) is 0.103. The highest BCUT2D eigenvalue weighted by Crippen LogP contribution is 2.38. The molecule has 0 unspecified atom stereocenters. The van der Waals surface area contributed by atoms with Gasteiger partial charge in [0.2, 0.25) is 5.82 Å². The second kappa shape index (κ2) is 7.20. The van der Waals surface area contributed by atoms with Crippen molar-refractivity contribution < 1.29 is 22.4 Å². The van der Waals surface area contributed by atoms with Crippen LogP contribution in [0.2, 0.25) is 5.02 Å². The minimum absolute atomic E-state index is 0.0659. The molecule has 0 radical (unpaired) electrons. The summed E-state index contributed by atoms with van der Waals surface area (Å²) in [6.45, 7) is -1.84. The maximum absolute atomic E-state index is 12.3. The Bertz CT molecular complexity index is 1280. The second-order valence-corrected chi connectivity index (χ2v) is 7.48. The van der Waals surface area contributed by atoms with E-state index in [9.17, 15) is 13.2 Å². The quantitative estimate of drug-likeness (QED) is 0.412. The maximum Gasteiger partial charge on any atom is 0.411 e. The standard InChI is InChI=1S/C19H14ClF3N6O2/c1-28-6-10-4-14-17(18-25-15(31-27-18)7-30-8-19(21,22)23)24-9-29(14)13-3-2-11(20)5-12(13)16(10)26-28/h2-3,5-6,9H,4,7-8H2,1H3. The van der Waals surface area contributed by atoms with Crippen molar-refractivity contribution in [3.05, 3.63) is 52.9 Å². The molecule has 31 heavy (non-hydrogen) atoms. The highest BCUT2D eigenvalue weighted by molar-refractivity contribution is 6.31. The number of aromatic nitrogens is 6. The third kappa shape index (κ3) is 3.70. The van der Waals surface area contributed by atoms with Gasteiger partial charge in [0.05, 0.1) is 17.1 Å². The fraction of sp³-hybridized carbons (Fsp3) is 0.263. The Kier molecular flexibility index (Phi) is 4.59. The fourth-order valence-corrected chi connectivity index (χ4v) is 3.76. The number of ether oxygens (including phenoxy) is 1. The summed E-state index contributed by atoms with van der Waals surface area (Å²) in [6, 6.07) is 5.51. The van der Waals surface area contributed by atoms with Gasteiger partial charge < -0.3 is 13.8 Å². The third-order valence-corrected chi connectivity index (χ3v) is 5.01. The number of alkyl halides is 3. The smallest absolute Gasteiger partial charge is 0.362 e. The van der Waals surface area contributed by atoms with Gasteiger partial charge in [-0.2, -0.15) is 23.3 Å². The molecule has 1 aliphatic rings. The molecule has 1 aliphatic heterocycles. The molecule has 12 heteroatoms. The molecule has 4 heterocycles. The zero-order chi connectivity index (χ0) is 21.8. The SMILES string of the molecule is Cn1cc2c(n1)-c1cc(Cl)ccc1-n1cnc(-c3noc(COCC(F)(F)F)n3)c1C2. The summed E-state index contributed by atoms with van der Waals surface area (Å²) in [6.07, 6.45) is -0.389. The van der Waals surface area contributed by atoms with Gasteiger partial charge in [-0.1, -0.05) is 16.8 Å². The molecule has 160 valence electrons. The predicted molar refractivity (Wildman–Crippen MR) is 103 cm³/mol. The summed E-state index contributed by atoms with van der Waals surface area (Å²) in [5, 5.41) is 9.05. The molecule has 3 aromatic heterocycles. The molecule has 0 N–H and O–H groups in total. The summed E-state index contributed by atoms with van der Waals surface area (Å²) in [7, 11) is 1.84. The molecule has 4 aromatic rings. The average Bonchev–Trinajstić information content (AvgIpc) is 3.38. The Balaban J connectivity index is 1.53. The van der Waals surface area contributed by atoms with Gasteiger partial charge in [-0.05, 0) is 18.2 Å². The topological polar surface area (TPSA) is 83.8 Å². The van der Waals surface area contributed by atoms with E-state index in [0.717, 1.165) is 28.2 Å². The van der Waals surface area contributed by atoms with Crippen LogP contribution >= 0.6 is 11.6 Å². The van der Waals surface area contributed by atoms with Crippen LogP contribution in [0.4, 0.5) is 13.2 Å². The van der Waals surface area contributed by atoms with Crippen LogP contribution in [0, 0.1) is 0 Å². The average molecular weight is 451 g/mol. The van der Waals surface area contributed by atoms with E-state index >= 15 is 0 Å². The van der Waals surface area contributed by atoms with E-state index in [1.165, 1.54) is 0 Å². The Morgan fingerprint density at radius 2 is 2.10 bits per heavy atom. The molecule has 0 saturated carbocycles. The lowest BCUT2D eigenvalue weighted by molar-refractivity contribution is -0.178. The molecule has 0 fully saturated rings. The molecule has 0 aliphatic carbocycles. The lowest BCUT2D eigenvalue weighted by atomic mass is 10.0. The first-order valence-electron chi connectivity index (χ1n) is 9.15. The van der Waals surface area contributed by atoms with E-state index in [4.69, 9.17) is 16.1 Å². The van der Waals surface area contributed by atoms with E-state index in [2.05, 4.69) is 25.0 Å². The number of imidazole rings is 1. The molecule has 1 aromatic carbocycles. The van der Waals surface area contributed by atoms with E-state index in [-0.39, 0.29) is 11.7 Å². The number of benzene rings is 1. The first-order chi connectivity index (χ1) is 14.8. The van der Waals surface area contributed by atoms with Crippen LogP contribution in [-0.2, 0) is 24.8 Å². The van der Waals surface area contributed by atoms with Crippen LogP contribution in [0.1, 0.15) is 17.1 Å². The monoisotopic (exact) mass is 450 g/mol. The molecule has 0 atom stereocenters. The van der Waals surface area contributed by atoms with Crippen molar-refractivity contribution in [2.75, 3.05) is 6.61 Å².